The molecule has 1 fully saturated rings. The van der Waals surface area contributed by atoms with Gasteiger partial charge >= 0.3 is 0 Å². The van der Waals surface area contributed by atoms with Gasteiger partial charge in [-0.15, -0.1) is 0 Å². The van der Waals surface area contributed by atoms with Gasteiger partial charge < -0.3 is 5.32 Å². The smallest absolute Gasteiger partial charge is 0.224 e. The molecule has 2 nitrogen and oxygen atoms in total. The molecule has 1 N–H and O–H groups in total. The molecule has 0 saturated heterocycles. The lowest BCUT2D eigenvalue weighted by Gasteiger charge is -2.17. The topological polar surface area (TPSA) is 29.1 Å². The number of carbonyl (C=O) groups is 1. The van der Waals surface area contributed by atoms with Crippen LogP contribution in [0, 0.1) is 5.82 Å². The lowest BCUT2D eigenvalue weighted by atomic mass is 9.96. The molecule has 1 saturated carbocycles. The number of amides is 1. The van der Waals surface area contributed by atoms with Crippen LogP contribution in [0.3, 0.4) is 0 Å². The quantitative estimate of drug-likeness (QED) is 0.893. The van der Waals surface area contributed by atoms with Crippen LogP contribution in [0.15, 0.2) is 42.5 Å². The van der Waals surface area contributed by atoms with Crippen molar-refractivity contribution in [3.8, 4) is 0 Å². The zero-order chi connectivity index (χ0) is 16.6. The molecule has 2 aliphatic carbocycles. The third-order valence-electron chi connectivity index (χ3n) is 5.46. The molecular weight excluding hydrogens is 301 g/mol. The van der Waals surface area contributed by atoms with Crippen LogP contribution in [0.1, 0.15) is 41.5 Å². The first-order valence-electron chi connectivity index (χ1n) is 8.78. The van der Waals surface area contributed by atoms with Crippen molar-refractivity contribution >= 4 is 5.91 Å². The Kier molecular flexibility index (Phi) is 3.87. The van der Waals surface area contributed by atoms with Crippen LogP contribution in [-0.2, 0) is 29.5 Å². The summed E-state index contributed by atoms with van der Waals surface area (Å²) in [5, 5.41) is 3.08. The molecule has 0 bridgehead atoms. The molecule has 1 amide bonds. The zero-order valence-electron chi connectivity index (χ0n) is 13.8. The highest BCUT2D eigenvalue weighted by Gasteiger charge is 2.44. The van der Waals surface area contributed by atoms with Crippen molar-refractivity contribution in [2.24, 2.45) is 0 Å². The lowest BCUT2D eigenvalue weighted by Crippen LogP contribution is -2.33. The fraction of sp³-hybridized carbons (Fsp3) is 0.381. The van der Waals surface area contributed by atoms with Crippen molar-refractivity contribution in [3.05, 3.63) is 70.5 Å². The third kappa shape index (κ3) is 3.08. The largest absolute Gasteiger partial charge is 0.355 e. The van der Waals surface area contributed by atoms with Gasteiger partial charge in [0, 0.05) is 12.0 Å². The third-order valence-corrected chi connectivity index (χ3v) is 5.46. The highest BCUT2D eigenvalue weighted by Crippen LogP contribution is 2.47. The number of hydrogen-bond donors (Lipinski definition) is 1. The van der Waals surface area contributed by atoms with Gasteiger partial charge in [0.2, 0.25) is 5.91 Å². The van der Waals surface area contributed by atoms with Gasteiger partial charge in [-0.05, 0) is 66.5 Å². The Balaban J connectivity index is 1.36. The minimum atomic E-state index is -0.213. The maximum atomic E-state index is 13.1. The fourth-order valence-corrected chi connectivity index (χ4v) is 3.77. The number of aryl methyl sites for hydroxylation is 2. The van der Waals surface area contributed by atoms with E-state index >= 15 is 0 Å². The van der Waals surface area contributed by atoms with Crippen LogP contribution in [0.2, 0.25) is 0 Å². The van der Waals surface area contributed by atoms with Crippen molar-refractivity contribution in [2.45, 2.75) is 43.9 Å². The SMILES string of the molecule is O=C(Cc1ccc2c(c1)CCC2)NCC1(c2ccc(F)cc2)CC1. The van der Waals surface area contributed by atoms with Crippen molar-refractivity contribution < 1.29 is 9.18 Å². The summed E-state index contributed by atoms with van der Waals surface area (Å²) < 4.78 is 13.1. The van der Waals surface area contributed by atoms with E-state index in [4.69, 9.17) is 0 Å². The van der Waals surface area contributed by atoms with Gasteiger partial charge in [0.05, 0.1) is 6.42 Å². The molecule has 24 heavy (non-hydrogen) atoms. The second kappa shape index (κ2) is 6.04. The molecule has 0 unspecified atom stereocenters. The summed E-state index contributed by atoms with van der Waals surface area (Å²) in [7, 11) is 0. The van der Waals surface area contributed by atoms with Gasteiger partial charge in [-0.1, -0.05) is 30.3 Å². The average Bonchev–Trinajstić information content (AvgIpc) is 3.23. The van der Waals surface area contributed by atoms with Crippen LogP contribution in [0.4, 0.5) is 4.39 Å². The van der Waals surface area contributed by atoms with Gasteiger partial charge in [0.15, 0.2) is 0 Å². The van der Waals surface area contributed by atoms with E-state index in [0.717, 1.165) is 30.4 Å². The molecule has 2 aliphatic rings. The van der Waals surface area contributed by atoms with E-state index in [0.29, 0.717) is 13.0 Å². The second-order valence-corrected chi connectivity index (χ2v) is 7.20. The molecular formula is C21H22FNO. The highest BCUT2D eigenvalue weighted by atomic mass is 19.1. The van der Waals surface area contributed by atoms with Gasteiger partial charge in [0.25, 0.3) is 0 Å². The summed E-state index contributed by atoms with van der Waals surface area (Å²) in [6.07, 6.45) is 6.08. The van der Waals surface area contributed by atoms with E-state index in [1.54, 1.807) is 0 Å². The van der Waals surface area contributed by atoms with E-state index in [1.165, 1.54) is 36.1 Å². The van der Waals surface area contributed by atoms with Crippen molar-refractivity contribution in [3.63, 3.8) is 0 Å². The Bertz CT molecular complexity index is 762. The van der Waals surface area contributed by atoms with Gasteiger partial charge in [-0.3, -0.25) is 4.79 Å². The van der Waals surface area contributed by atoms with E-state index in [9.17, 15) is 9.18 Å². The molecule has 2 aromatic rings. The molecule has 4 rings (SSSR count). The normalized spacial score (nSPS) is 17.4. The maximum Gasteiger partial charge on any atom is 0.224 e. The molecule has 0 atom stereocenters. The Morgan fingerprint density at radius 1 is 1.04 bits per heavy atom. The van der Waals surface area contributed by atoms with Crippen molar-refractivity contribution in [1.29, 1.82) is 0 Å². The van der Waals surface area contributed by atoms with E-state index in [2.05, 4.69) is 23.5 Å². The number of halogens is 1. The van der Waals surface area contributed by atoms with E-state index in [-0.39, 0.29) is 17.1 Å². The molecule has 0 aliphatic heterocycles. The Labute approximate surface area is 142 Å². The second-order valence-electron chi connectivity index (χ2n) is 7.20. The Hall–Kier alpha value is -2.16. The zero-order valence-corrected chi connectivity index (χ0v) is 13.8. The number of rotatable bonds is 5. The van der Waals surface area contributed by atoms with Crippen LogP contribution >= 0.6 is 0 Å². The average molecular weight is 323 g/mol. The molecule has 0 aromatic heterocycles. The molecule has 2 aromatic carbocycles. The summed E-state index contributed by atoms with van der Waals surface area (Å²) >= 11 is 0. The summed E-state index contributed by atoms with van der Waals surface area (Å²) in [6.45, 7) is 0.641. The van der Waals surface area contributed by atoms with Gasteiger partial charge in [-0.25, -0.2) is 4.39 Å². The number of carbonyl (C=O) groups excluding carboxylic acids is 1. The first-order valence-corrected chi connectivity index (χ1v) is 8.78. The Morgan fingerprint density at radius 2 is 1.79 bits per heavy atom. The van der Waals surface area contributed by atoms with Gasteiger partial charge in [-0.2, -0.15) is 0 Å². The summed E-state index contributed by atoms with van der Waals surface area (Å²) in [5.41, 5.74) is 5.08. The monoisotopic (exact) mass is 323 g/mol. The van der Waals surface area contributed by atoms with E-state index in [1.807, 2.05) is 12.1 Å². The highest BCUT2D eigenvalue weighted by molar-refractivity contribution is 5.78. The molecule has 0 spiro atoms. The number of hydrogen-bond acceptors (Lipinski definition) is 1. The lowest BCUT2D eigenvalue weighted by molar-refractivity contribution is -0.120. The molecule has 0 radical (unpaired) electrons. The van der Waals surface area contributed by atoms with Crippen molar-refractivity contribution in [2.75, 3.05) is 6.54 Å². The van der Waals surface area contributed by atoms with Crippen LogP contribution < -0.4 is 5.32 Å². The minimum Gasteiger partial charge on any atom is -0.355 e. The maximum absolute atomic E-state index is 13.1. The van der Waals surface area contributed by atoms with Crippen LogP contribution in [-0.4, -0.2) is 12.5 Å². The standard InChI is InChI=1S/C21H22FNO/c22-19-8-6-18(7-9-19)21(10-11-21)14-23-20(24)13-15-4-5-16-2-1-3-17(16)12-15/h4-9,12H,1-3,10-11,13-14H2,(H,23,24). The molecule has 0 heterocycles. The predicted octanol–water partition coefficient (Wildman–Crippen LogP) is 3.70. The molecule has 3 heteroatoms. The first-order chi connectivity index (χ1) is 11.6. The fourth-order valence-electron chi connectivity index (χ4n) is 3.77. The number of fused-ring (bicyclic) bond motifs is 1. The van der Waals surface area contributed by atoms with Crippen LogP contribution in [0.25, 0.3) is 0 Å². The summed E-state index contributed by atoms with van der Waals surface area (Å²) in [4.78, 5) is 12.3. The van der Waals surface area contributed by atoms with Gasteiger partial charge in [0.1, 0.15) is 5.82 Å². The summed E-state index contributed by atoms with van der Waals surface area (Å²) in [5.74, 6) is -0.142. The van der Waals surface area contributed by atoms with E-state index < -0.39 is 0 Å². The van der Waals surface area contributed by atoms with Crippen LogP contribution in [0.5, 0.6) is 0 Å². The van der Waals surface area contributed by atoms with Crippen molar-refractivity contribution in [1.82, 2.24) is 5.32 Å². The first kappa shape index (κ1) is 15.4. The molecule has 124 valence electrons. The number of benzene rings is 2. The number of nitrogens with one attached hydrogen (secondary N) is 1. The predicted molar refractivity (Wildman–Crippen MR) is 92.5 cm³/mol. The Morgan fingerprint density at radius 3 is 2.54 bits per heavy atom. The summed E-state index contributed by atoms with van der Waals surface area (Å²) in [6, 6.07) is 13.1. The minimum absolute atomic E-state index is 0.0152.